The van der Waals surface area contributed by atoms with Gasteiger partial charge >= 0.3 is 0 Å². The molecule has 1 heterocycles. The second-order valence-electron chi connectivity index (χ2n) is 9.78. The number of nitrogens with zero attached hydrogens (tertiary/aromatic N) is 2. The van der Waals surface area contributed by atoms with Crippen LogP contribution < -0.4 is 14.8 Å². The van der Waals surface area contributed by atoms with Crippen molar-refractivity contribution < 1.29 is 14.3 Å². The maximum absolute atomic E-state index is 14.1. The van der Waals surface area contributed by atoms with E-state index in [9.17, 15) is 4.79 Å². The molecule has 0 spiro atoms. The van der Waals surface area contributed by atoms with E-state index in [-0.39, 0.29) is 6.04 Å². The van der Waals surface area contributed by atoms with E-state index in [0.717, 1.165) is 49.5 Å². The van der Waals surface area contributed by atoms with Gasteiger partial charge in [0.05, 0.1) is 20.3 Å². The average Bonchev–Trinajstić information content (AvgIpc) is 3.68. The summed E-state index contributed by atoms with van der Waals surface area (Å²) >= 11 is 0. The quantitative estimate of drug-likeness (QED) is 0.596. The molecular weight excluding hydrogens is 402 g/mol. The molecule has 3 fully saturated rings. The van der Waals surface area contributed by atoms with E-state index in [2.05, 4.69) is 21.2 Å². The fraction of sp³-hybridized carbons (Fsp3) is 0.731. The summed E-state index contributed by atoms with van der Waals surface area (Å²) in [5.41, 5.74) is 1.12. The average molecular weight is 444 g/mol. The maximum atomic E-state index is 14.1. The Morgan fingerprint density at radius 2 is 1.91 bits per heavy atom. The Kier molecular flexibility index (Phi) is 7.95. The monoisotopic (exact) mass is 443 g/mol. The number of piperidine rings is 1. The van der Waals surface area contributed by atoms with Gasteiger partial charge in [0.25, 0.3) is 0 Å². The number of methoxy groups -OCH3 is 2. The van der Waals surface area contributed by atoms with Crippen LogP contribution in [0.1, 0.15) is 63.4 Å². The van der Waals surface area contributed by atoms with E-state index in [1.54, 1.807) is 14.2 Å². The van der Waals surface area contributed by atoms with E-state index >= 15 is 0 Å². The third-order valence-corrected chi connectivity index (χ3v) is 7.74. The van der Waals surface area contributed by atoms with Gasteiger partial charge in [-0.3, -0.25) is 9.69 Å². The summed E-state index contributed by atoms with van der Waals surface area (Å²) in [4.78, 5) is 18.8. The Morgan fingerprint density at radius 3 is 2.62 bits per heavy atom. The van der Waals surface area contributed by atoms with Crippen LogP contribution in [0.15, 0.2) is 18.2 Å². The summed E-state index contributed by atoms with van der Waals surface area (Å²) in [6.45, 7) is 2.52. The number of carbonyl (C=O) groups excluding carboxylic acids is 1. The van der Waals surface area contributed by atoms with Crippen molar-refractivity contribution in [3.05, 3.63) is 23.8 Å². The summed E-state index contributed by atoms with van der Waals surface area (Å²) in [7, 11) is 5.36. The third kappa shape index (κ3) is 5.23. The fourth-order valence-electron chi connectivity index (χ4n) is 5.88. The molecule has 1 aliphatic heterocycles. The highest BCUT2D eigenvalue weighted by molar-refractivity contribution is 5.82. The minimum Gasteiger partial charge on any atom is -0.497 e. The molecule has 0 bridgehead atoms. The Balaban J connectivity index is 1.57. The summed E-state index contributed by atoms with van der Waals surface area (Å²) in [6.07, 6.45) is 10.7. The Bertz CT molecular complexity index is 765. The molecule has 1 aromatic rings. The first-order valence-electron chi connectivity index (χ1n) is 12.6. The molecule has 3 aliphatic rings. The smallest absolute Gasteiger partial charge is 0.240 e. The number of likely N-dealkylation sites (tertiary alicyclic amines) is 1. The minimum absolute atomic E-state index is 0.0811. The number of carbonyl (C=O) groups is 1. The van der Waals surface area contributed by atoms with Crippen LogP contribution in [0.25, 0.3) is 0 Å². The van der Waals surface area contributed by atoms with Crippen molar-refractivity contribution in [2.75, 3.05) is 34.4 Å². The van der Waals surface area contributed by atoms with Gasteiger partial charge < -0.3 is 19.7 Å². The molecule has 6 heteroatoms. The summed E-state index contributed by atoms with van der Waals surface area (Å²) in [6, 6.07) is 6.89. The minimum atomic E-state index is -0.0811. The Hall–Kier alpha value is -1.79. The van der Waals surface area contributed by atoms with Gasteiger partial charge in [-0.25, -0.2) is 0 Å². The molecule has 1 saturated heterocycles. The zero-order chi connectivity index (χ0) is 22.5. The number of nitrogens with one attached hydrogen (secondary N) is 1. The van der Waals surface area contributed by atoms with Crippen LogP contribution in [0.2, 0.25) is 0 Å². The molecule has 0 radical (unpaired) electrons. The van der Waals surface area contributed by atoms with Crippen LogP contribution in [0, 0.1) is 5.92 Å². The summed E-state index contributed by atoms with van der Waals surface area (Å²) < 4.78 is 11.1. The van der Waals surface area contributed by atoms with E-state index in [1.807, 2.05) is 19.2 Å². The number of benzene rings is 1. The van der Waals surface area contributed by atoms with Crippen molar-refractivity contribution >= 4 is 5.91 Å². The number of hydrogen-bond donors (Lipinski definition) is 1. The van der Waals surface area contributed by atoms with Gasteiger partial charge in [-0.2, -0.15) is 0 Å². The van der Waals surface area contributed by atoms with Crippen LogP contribution >= 0.6 is 0 Å². The molecule has 2 saturated carbocycles. The van der Waals surface area contributed by atoms with Crippen LogP contribution in [-0.2, 0) is 11.3 Å². The van der Waals surface area contributed by atoms with E-state index in [4.69, 9.17) is 9.47 Å². The molecule has 0 aromatic heterocycles. The van der Waals surface area contributed by atoms with Crippen molar-refractivity contribution in [2.24, 2.45) is 5.92 Å². The number of hydrogen-bond acceptors (Lipinski definition) is 5. The maximum Gasteiger partial charge on any atom is 0.240 e. The zero-order valence-electron chi connectivity index (χ0n) is 20.1. The van der Waals surface area contributed by atoms with E-state index in [0.29, 0.717) is 23.9 Å². The first kappa shape index (κ1) is 23.4. The van der Waals surface area contributed by atoms with Gasteiger partial charge in [0.15, 0.2) is 0 Å². The first-order valence-corrected chi connectivity index (χ1v) is 12.6. The van der Waals surface area contributed by atoms with Crippen LogP contribution in [0.4, 0.5) is 0 Å². The van der Waals surface area contributed by atoms with E-state index in [1.165, 1.54) is 44.9 Å². The van der Waals surface area contributed by atoms with Crippen molar-refractivity contribution in [2.45, 2.75) is 82.5 Å². The molecule has 4 rings (SSSR count). The third-order valence-electron chi connectivity index (χ3n) is 7.74. The second-order valence-corrected chi connectivity index (χ2v) is 9.78. The van der Waals surface area contributed by atoms with E-state index < -0.39 is 0 Å². The molecule has 6 nitrogen and oxygen atoms in total. The molecule has 1 amide bonds. The first-order chi connectivity index (χ1) is 15.7. The van der Waals surface area contributed by atoms with Crippen molar-refractivity contribution in [1.29, 1.82) is 0 Å². The van der Waals surface area contributed by atoms with Crippen LogP contribution in [-0.4, -0.2) is 68.2 Å². The number of amides is 1. The van der Waals surface area contributed by atoms with Gasteiger partial charge in [-0.15, -0.1) is 0 Å². The number of rotatable bonds is 10. The summed E-state index contributed by atoms with van der Waals surface area (Å²) in [5.74, 6) is 2.70. The van der Waals surface area contributed by atoms with Crippen LogP contribution in [0.3, 0.4) is 0 Å². The molecule has 178 valence electrons. The van der Waals surface area contributed by atoms with Crippen LogP contribution in [0.5, 0.6) is 11.5 Å². The largest absolute Gasteiger partial charge is 0.497 e. The predicted octanol–water partition coefficient (Wildman–Crippen LogP) is 3.83. The van der Waals surface area contributed by atoms with Crippen molar-refractivity contribution in [3.63, 3.8) is 0 Å². The predicted molar refractivity (Wildman–Crippen MR) is 127 cm³/mol. The lowest BCUT2D eigenvalue weighted by molar-refractivity contribution is -0.144. The highest BCUT2D eigenvalue weighted by Crippen LogP contribution is 2.38. The molecule has 32 heavy (non-hydrogen) atoms. The zero-order valence-corrected chi connectivity index (χ0v) is 20.1. The second kappa shape index (κ2) is 10.9. The van der Waals surface area contributed by atoms with Crippen molar-refractivity contribution in [1.82, 2.24) is 15.1 Å². The molecule has 2 aliphatic carbocycles. The molecular formula is C26H41N3O3. The molecule has 1 N–H and O–H groups in total. The number of fused-ring (bicyclic) bond motifs is 1. The van der Waals surface area contributed by atoms with Crippen molar-refractivity contribution in [3.8, 4) is 11.5 Å². The lowest BCUT2D eigenvalue weighted by atomic mass is 9.78. The SMILES string of the molecule is CNCC[C@H](C(=O)N1CCC[C@H]2CCCC[C@@H]21)N(Cc1ccc(OC)cc1OC)C1CC1. The normalized spacial score (nSPS) is 24.2. The molecule has 1 aromatic carbocycles. The van der Waals surface area contributed by atoms with Gasteiger partial charge in [-0.05, 0) is 70.5 Å². The lowest BCUT2D eigenvalue weighted by Crippen LogP contribution is -2.57. The van der Waals surface area contributed by atoms with Gasteiger partial charge in [-0.1, -0.05) is 18.9 Å². The van der Waals surface area contributed by atoms with Gasteiger partial charge in [0, 0.05) is 36.8 Å². The molecule has 3 atom stereocenters. The summed E-state index contributed by atoms with van der Waals surface area (Å²) in [5, 5.41) is 3.29. The number of ether oxygens (including phenoxy) is 2. The fourth-order valence-corrected chi connectivity index (χ4v) is 5.88. The highest BCUT2D eigenvalue weighted by atomic mass is 16.5. The molecule has 0 unspecified atom stereocenters. The standard InChI is InChI=1S/C26H41N3O3/c1-27-15-14-24(26(30)28-16-6-8-19-7-4-5-9-23(19)28)29(21-11-12-21)18-20-10-13-22(31-2)17-25(20)32-3/h10,13,17,19,21,23-24,27H,4-9,11-12,14-16,18H2,1-3H3/t19-,23+,24-/m1/s1. The Labute approximate surface area is 193 Å². The Morgan fingerprint density at radius 1 is 1.12 bits per heavy atom. The lowest BCUT2D eigenvalue weighted by Gasteiger charge is -2.46. The highest BCUT2D eigenvalue weighted by Gasteiger charge is 2.43. The topological polar surface area (TPSA) is 54.0 Å². The van der Waals surface area contributed by atoms with Gasteiger partial charge in [0.1, 0.15) is 11.5 Å². The van der Waals surface area contributed by atoms with Gasteiger partial charge in [0.2, 0.25) is 5.91 Å².